The first-order valence-electron chi connectivity index (χ1n) is 6.07. The maximum Gasteiger partial charge on any atom is 0.170 e. The van der Waals surface area contributed by atoms with Gasteiger partial charge in [-0.15, -0.1) is 0 Å². The summed E-state index contributed by atoms with van der Waals surface area (Å²) in [4.78, 5) is 6.15. The highest BCUT2D eigenvalue weighted by Crippen LogP contribution is 2.33. The van der Waals surface area contributed by atoms with Crippen molar-refractivity contribution in [2.75, 3.05) is 20.1 Å². The van der Waals surface area contributed by atoms with Gasteiger partial charge in [0.1, 0.15) is 15.9 Å². The molecule has 3 rings (SSSR count). The van der Waals surface area contributed by atoms with Gasteiger partial charge < -0.3 is 14.5 Å². The number of rotatable bonds is 2. The van der Waals surface area contributed by atoms with Gasteiger partial charge in [-0.05, 0) is 41.5 Å². The second-order valence-electron chi connectivity index (χ2n) is 4.96. The molecule has 0 amide bonds. The van der Waals surface area contributed by atoms with Crippen LogP contribution in [0.5, 0.6) is 0 Å². The smallest absolute Gasteiger partial charge is 0.170 e. The fourth-order valence-corrected chi connectivity index (χ4v) is 2.74. The number of β-amino-alcohol motifs (C(OH)–C–C–N with tert-alkyl or cyclic N) is 1. The lowest BCUT2D eigenvalue weighted by Crippen LogP contribution is -2.28. The Kier molecular flexibility index (Phi) is 3.16. The van der Waals surface area contributed by atoms with Crippen LogP contribution in [0.4, 0.5) is 0 Å². The van der Waals surface area contributed by atoms with Crippen molar-refractivity contribution in [3.05, 3.63) is 34.8 Å². The SMILES string of the molecule is CN1CC[C@](O)(c2cc(-c3ccnc(Br)c3)no2)C1. The first-order valence-corrected chi connectivity index (χ1v) is 6.86. The minimum Gasteiger partial charge on any atom is -0.380 e. The third kappa shape index (κ3) is 2.43. The molecule has 0 bridgehead atoms. The third-order valence-electron chi connectivity index (χ3n) is 3.43. The molecule has 0 unspecified atom stereocenters. The normalized spacial score (nSPS) is 23.9. The number of hydrogen-bond donors (Lipinski definition) is 1. The summed E-state index contributed by atoms with van der Waals surface area (Å²) >= 11 is 3.33. The Labute approximate surface area is 119 Å². The van der Waals surface area contributed by atoms with Crippen LogP contribution in [0.25, 0.3) is 11.3 Å². The molecule has 1 fully saturated rings. The lowest BCUT2D eigenvalue weighted by Gasteiger charge is -2.18. The van der Waals surface area contributed by atoms with Crippen molar-refractivity contribution in [2.24, 2.45) is 0 Å². The molecular weight excluding hydrogens is 310 g/mol. The summed E-state index contributed by atoms with van der Waals surface area (Å²) in [6.07, 6.45) is 2.37. The molecule has 5 nitrogen and oxygen atoms in total. The van der Waals surface area contributed by atoms with Crippen molar-refractivity contribution in [1.82, 2.24) is 15.0 Å². The van der Waals surface area contributed by atoms with Crippen molar-refractivity contribution >= 4 is 15.9 Å². The third-order valence-corrected chi connectivity index (χ3v) is 3.86. The molecule has 0 aliphatic carbocycles. The maximum atomic E-state index is 10.6. The van der Waals surface area contributed by atoms with E-state index in [0.29, 0.717) is 24.4 Å². The molecule has 1 atom stereocenters. The van der Waals surface area contributed by atoms with Crippen molar-refractivity contribution in [3.8, 4) is 11.3 Å². The molecule has 1 N–H and O–H groups in total. The number of halogens is 1. The van der Waals surface area contributed by atoms with E-state index < -0.39 is 5.60 Å². The molecule has 0 spiro atoms. The highest BCUT2D eigenvalue weighted by Gasteiger charge is 2.39. The van der Waals surface area contributed by atoms with Gasteiger partial charge in [0, 0.05) is 30.9 Å². The largest absolute Gasteiger partial charge is 0.380 e. The van der Waals surface area contributed by atoms with E-state index in [2.05, 4.69) is 31.0 Å². The van der Waals surface area contributed by atoms with E-state index in [1.807, 2.05) is 19.2 Å². The minimum absolute atomic E-state index is 0.528. The van der Waals surface area contributed by atoms with Gasteiger partial charge in [0.15, 0.2) is 5.76 Å². The molecule has 100 valence electrons. The van der Waals surface area contributed by atoms with Crippen molar-refractivity contribution in [3.63, 3.8) is 0 Å². The zero-order chi connectivity index (χ0) is 13.5. The Morgan fingerprint density at radius 1 is 1.47 bits per heavy atom. The monoisotopic (exact) mass is 323 g/mol. The molecule has 0 saturated carbocycles. The zero-order valence-electron chi connectivity index (χ0n) is 10.5. The van der Waals surface area contributed by atoms with E-state index in [1.165, 1.54) is 0 Å². The molecule has 19 heavy (non-hydrogen) atoms. The first-order chi connectivity index (χ1) is 9.07. The van der Waals surface area contributed by atoms with Crippen LogP contribution in [0.15, 0.2) is 33.5 Å². The van der Waals surface area contributed by atoms with Crippen LogP contribution in [0.2, 0.25) is 0 Å². The van der Waals surface area contributed by atoms with Gasteiger partial charge in [0.05, 0.1) is 0 Å². The predicted octanol–water partition coefficient (Wildman–Crippen LogP) is 2.02. The number of aliphatic hydroxyl groups is 1. The molecular formula is C13H14BrN3O2. The average molecular weight is 324 g/mol. The van der Waals surface area contributed by atoms with E-state index >= 15 is 0 Å². The second-order valence-corrected chi connectivity index (χ2v) is 5.78. The quantitative estimate of drug-likeness (QED) is 0.857. The summed E-state index contributed by atoms with van der Waals surface area (Å²) in [5.74, 6) is 0.528. The molecule has 2 aromatic heterocycles. The Morgan fingerprint density at radius 3 is 3.00 bits per heavy atom. The van der Waals surface area contributed by atoms with Crippen molar-refractivity contribution in [1.29, 1.82) is 0 Å². The van der Waals surface area contributed by atoms with E-state index in [-0.39, 0.29) is 0 Å². The van der Waals surface area contributed by atoms with Crippen LogP contribution >= 0.6 is 15.9 Å². The average Bonchev–Trinajstić information content (AvgIpc) is 2.97. The number of aromatic nitrogens is 2. The highest BCUT2D eigenvalue weighted by molar-refractivity contribution is 9.10. The lowest BCUT2D eigenvalue weighted by atomic mass is 9.99. The Bertz CT molecular complexity index is 601. The van der Waals surface area contributed by atoms with Crippen LogP contribution in [0.1, 0.15) is 12.2 Å². The van der Waals surface area contributed by atoms with Gasteiger partial charge in [0.2, 0.25) is 0 Å². The molecule has 0 radical (unpaired) electrons. The summed E-state index contributed by atoms with van der Waals surface area (Å²) < 4.78 is 6.08. The van der Waals surface area contributed by atoms with Gasteiger partial charge in [-0.3, -0.25) is 0 Å². The highest BCUT2D eigenvalue weighted by atomic mass is 79.9. The summed E-state index contributed by atoms with van der Waals surface area (Å²) in [6.45, 7) is 1.43. The molecule has 6 heteroatoms. The standard InChI is InChI=1S/C13H14BrN3O2/c1-17-5-3-13(18,8-17)11-7-10(16-19-11)9-2-4-15-12(14)6-9/h2,4,6-7,18H,3,5,8H2,1H3/t13-/m1/s1. The fourth-order valence-electron chi connectivity index (χ4n) is 2.37. The Hall–Kier alpha value is -1.24. The van der Waals surface area contributed by atoms with Gasteiger partial charge in [0.25, 0.3) is 0 Å². The van der Waals surface area contributed by atoms with Crippen LogP contribution in [0, 0.1) is 0 Å². The predicted molar refractivity (Wildman–Crippen MR) is 73.4 cm³/mol. The number of pyridine rings is 1. The van der Waals surface area contributed by atoms with Gasteiger partial charge in [-0.1, -0.05) is 5.16 Å². The summed E-state index contributed by atoms with van der Waals surface area (Å²) in [6, 6.07) is 5.53. The van der Waals surface area contributed by atoms with Crippen molar-refractivity contribution < 1.29 is 9.63 Å². The molecule has 1 aliphatic rings. The van der Waals surface area contributed by atoms with E-state index in [0.717, 1.165) is 16.7 Å². The number of likely N-dealkylation sites (N-methyl/N-ethyl adjacent to an activating group) is 1. The molecule has 1 aliphatic heterocycles. The van der Waals surface area contributed by atoms with Crippen LogP contribution in [-0.4, -0.2) is 40.3 Å². The van der Waals surface area contributed by atoms with Gasteiger partial charge >= 0.3 is 0 Å². The summed E-state index contributed by atoms with van der Waals surface area (Å²) in [5, 5.41) is 14.6. The zero-order valence-corrected chi connectivity index (χ0v) is 12.1. The lowest BCUT2D eigenvalue weighted by molar-refractivity contribution is 0.0211. The van der Waals surface area contributed by atoms with E-state index in [9.17, 15) is 5.11 Å². The maximum absolute atomic E-state index is 10.6. The fraction of sp³-hybridized carbons (Fsp3) is 0.385. The molecule has 2 aromatic rings. The first kappa shape index (κ1) is 12.8. The number of likely N-dealkylation sites (tertiary alicyclic amines) is 1. The van der Waals surface area contributed by atoms with E-state index in [4.69, 9.17) is 4.52 Å². The van der Waals surface area contributed by atoms with Crippen molar-refractivity contribution in [2.45, 2.75) is 12.0 Å². The molecule has 1 saturated heterocycles. The van der Waals surface area contributed by atoms with Crippen LogP contribution in [0.3, 0.4) is 0 Å². The Balaban J connectivity index is 1.92. The second kappa shape index (κ2) is 4.70. The number of nitrogens with zero attached hydrogens (tertiary/aromatic N) is 3. The number of hydrogen-bond acceptors (Lipinski definition) is 5. The topological polar surface area (TPSA) is 62.4 Å². The van der Waals surface area contributed by atoms with Crippen LogP contribution < -0.4 is 0 Å². The summed E-state index contributed by atoms with van der Waals surface area (Å²) in [7, 11) is 1.98. The van der Waals surface area contributed by atoms with Gasteiger partial charge in [-0.25, -0.2) is 4.98 Å². The van der Waals surface area contributed by atoms with E-state index in [1.54, 1.807) is 12.3 Å². The minimum atomic E-state index is -0.926. The summed E-state index contributed by atoms with van der Waals surface area (Å²) in [5.41, 5.74) is 0.692. The Morgan fingerprint density at radius 2 is 2.32 bits per heavy atom. The molecule has 3 heterocycles. The van der Waals surface area contributed by atoms with Crippen LogP contribution in [-0.2, 0) is 5.60 Å². The molecule has 0 aromatic carbocycles. The van der Waals surface area contributed by atoms with Gasteiger partial charge in [-0.2, -0.15) is 0 Å².